The van der Waals surface area contributed by atoms with E-state index in [0.29, 0.717) is 41.8 Å². The number of carbonyl (C=O) groups excluding carboxylic acids is 1. The van der Waals surface area contributed by atoms with Crippen molar-refractivity contribution in [3.05, 3.63) is 58.3 Å². The first kappa shape index (κ1) is 11.4. The number of nitrogens with one attached hydrogen (secondary N) is 1. The maximum absolute atomic E-state index is 11.8. The Kier molecular flexibility index (Phi) is 2.95. The fourth-order valence-corrected chi connectivity index (χ4v) is 1.91. The largest absolute Gasteiger partial charge is 0.427 e. The summed E-state index contributed by atoms with van der Waals surface area (Å²) < 4.78 is 5.06. The van der Waals surface area contributed by atoms with Crippen molar-refractivity contribution in [1.82, 2.24) is 5.32 Å². The van der Waals surface area contributed by atoms with E-state index in [-0.39, 0.29) is 5.91 Å². The first-order valence-corrected chi connectivity index (χ1v) is 5.37. The third kappa shape index (κ3) is 2.20. The molecule has 0 aromatic carbocycles. The van der Waals surface area contributed by atoms with Crippen LogP contribution in [0.4, 0.5) is 0 Å². The Morgan fingerprint density at radius 1 is 1.47 bits per heavy atom. The van der Waals surface area contributed by atoms with Gasteiger partial charge in [-0.05, 0) is 18.4 Å². The molecule has 2 heterocycles. The van der Waals surface area contributed by atoms with Crippen LogP contribution in [0.15, 0.2) is 40.2 Å². The summed E-state index contributed by atoms with van der Waals surface area (Å²) >= 11 is 0. The van der Waals surface area contributed by atoms with Crippen LogP contribution < -0.4 is 10.9 Å². The lowest BCUT2D eigenvalue weighted by atomic mass is 9.98. The Labute approximate surface area is 98.6 Å². The second-order valence-electron chi connectivity index (χ2n) is 3.95. The zero-order valence-corrected chi connectivity index (χ0v) is 9.41. The second kappa shape index (κ2) is 4.41. The summed E-state index contributed by atoms with van der Waals surface area (Å²) in [5, 5.41) is 2.65. The molecule has 4 heteroatoms. The van der Waals surface area contributed by atoms with Gasteiger partial charge in [0.05, 0.1) is 5.56 Å². The molecular weight excluding hydrogens is 218 g/mol. The van der Waals surface area contributed by atoms with Crippen LogP contribution in [0.3, 0.4) is 0 Å². The fraction of sp³-hybridized carbons (Fsp3) is 0.231. The summed E-state index contributed by atoms with van der Waals surface area (Å²) in [5.74, 6) is 0.157. The third-order valence-electron chi connectivity index (χ3n) is 2.62. The number of amides is 1. The molecule has 1 aromatic rings. The number of rotatable bonds is 3. The topological polar surface area (TPSA) is 59.3 Å². The van der Waals surface area contributed by atoms with E-state index in [2.05, 4.69) is 18.5 Å². The van der Waals surface area contributed by atoms with Crippen molar-refractivity contribution in [2.75, 3.05) is 0 Å². The lowest BCUT2D eigenvalue weighted by Crippen LogP contribution is -2.32. The van der Waals surface area contributed by atoms with Crippen LogP contribution in [-0.4, -0.2) is 5.91 Å². The highest BCUT2D eigenvalue weighted by Gasteiger charge is 2.24. The van der Waals surface area contributed by atoms with E-state index in [0.717, 1.165) is 0 Å². The van der Waals surface area contributed by atoms with Gasteiger partial charge in [-0.25, -0.2) is 4.79 Å². The molecule has 0 fully saturated rings. The SMILES string of the molecule is C=CCCc1cc(=O)oc2c1C(=O)NC(=C)C2. The molecule has 1 aliphatic rings. The summed E-state index contributed by atoms with van der Waals surface area (Å²) in [7, 11) is 0. The molecule has 17 heavy (non-hydrogen) atoms. The van der Waals surface area contributed by atoms with Gasteiger partial charge < -0.3 is 9.73 Å². The van der Waals surface area contributed by atoms with E-state index in [1.54, 1.807) is 6.08 Å². The smallest absolute Gasteiger partial charge is 0.336 e. The molecule has 0 atom stereocenters. The molecule has 1 amide bonds. The number of allylic oxidation sites excluding steroid dienone is 2. The normalized spacial score (nSPS) is 14.1. The molecule has 2 rings (SSSR count). The molecule has 4 nitrogen and oxygen atoms in total. The maximum Gasteiger partial charge on any atom is 0.336 e. The van der Waals surface area contributed by atoms with Gasteiger partial charge in [0.25, 0.3) is 5.91 Å². The molecule has 0 radical (unpaired) electrons. The predicted molar refractivity (Wildman–Crippen MR) is 63.8 cm³/mol. The minimum Gasteiger partial charge on any atom is -0.427 e. The van der Waals surface area contributed by atoms with Gasteiger partial charge in [0.1, 0.15) is 5.76 Å². The van der Waals surface area contributed by atoms with Crippen LogP contribution in [0.1, 0.15) is 28.1 Å². The Bertz CT molecular complexity index is 554. The lowest BCUT2D eigenvalue weighted by Gasteiger charge is -2.19. The molecule has 0 bridgehead atoms. The van der Waals surface area contributed by atoms with Crippen LogP contribution >= 0.6 is 0 Å². The molecular formula is C13H13NO3. The van der Waals surface area contributed by atoms with E-state index in [4.69, 9.17) is 4.42 Å². The standard InChI is InChI=1S/C13H13NO3/c1-3-4-5-9-7-11(15)17-10-6-8(2)14-13(16)12(9)10/h3,7H,1-2,4-6H2,(H,14,16). The van der Waals surface area contributed by atoms with Crippen molar-refractivity contribution in [3.8, 4) is 0 Å². The Morgan fingerprint density at radius 3 is 2.94 bits per heavy atom. The number of hydrogen-bond donors (Lipinski definition) is 1. The Balaban J connectivity index is 2.53. The van der Waals surface area contributed by atoms with Crippen LogP contribution in [0, 0.1) is 0 Å². The molecule has 1 aliphatic heterocycles. The summed E-state index contributed by atoms with van der Waals surface area (Å²) in [5.41, 5.74) is 1.30. The minimum absolute atomic E-state index is 0.251. The molecule has 0 unspecified atom stereocenters. The molecule has 1 aromatic heterocycles. The molecule has 0 spiro atoms. The van der Waals surface area contributed by atoms with Crippen molar-refractivity contribution in [3.63, 3.8) is 0 Å². The van der Waals surface area contributed by atoms with Crippen LogP contribution in [0.25, 0.3) is 0 Å². The van der Waals surface area contributed by atoms with Crippen LogP contribution in [0.5, 0.6) is 0 Å². The number of hydrogen-bond acceptors (Lipinski definition) is 3. The van der Waals surface area contributed by atoms with Crippen molar-refractivity contribution in [1.29, 1.82) is 0 Å². The van der Waals surface area contributed by atoms with E-state index >= 15 is 0 Å². The number of aryl methyl sites for hydroxylation is 1. The quantitative estimate of drug-likeness (QED) is 0.803. The maximum atomic E-state index is 11.8. The van der Waals surface area contributed by atoms with Gasteiger partial charge in [-0.15, -0.1) is 6.58 Å². The van der Waals surface area contributed by atoms with Crippen molar-refractivity contribution < 1.29 is 9.21 Å². The highest BCUT2D eigenvalue weighted by Crippen LogP contribution is 2.21. The third-order valence-corrected chi connectivity index (χ3v) is 2.62. The molecule has 0 saturated heterocycles. The zero-order valence-electron chi connectivity index (χ0n) is 9.41. The fourth-order valence-electron chi connectivity index (χ4n) is 1.91. The zero-order chi connectivity index (χ0) is 12.4. The monoisotopic (exact) mass is 231 g/mol. The molecule has 1 N–H and O–H groups in total. The van der Waals surface area contributed by atoms with Gasteiger partial charge in [0, 0.05) is 18.2 Å². The van der Waals surface area contributed by atoms with Crippen molar-refractivity contribution in [2.24, 2.45) is 0 Å². The molecule has 88 valence electrons. The van der Waals surface area contributed by atoms with Gasteiger partial charge in [-0.1, -0.05) is 12.7 Å². The Hall–Kier alpha value is -2.10. The lowest BCUT2D eigenvalue weighted by molar-refractivity contribution is 0.0952. The minimum atomic E-state index is -0.426. The van der Waals surface area contributed by atoms with Gasteiger partial charge >= 0.3 is 5.63 Å². The van der Waals surface area contributed by atoms with Crippen molar-refractivity contribution >= 4 is 5.91 Å². The number of fused-ring (bicyclic) bond motifs is 1. The van der Waals surface area contributed by atoms with E-state index in [1.165, 1.54) is 6.07 Å². The Morgan fingerprint density at radius 2 is 2.24 bits per heavy atom. The van der Waals surface area contributed by atoms with Crippen LogP contribution in [-0.2, 0) is 12.8 Å². The van der Waals surface area contributed by atoms with Gasteiger partial charge in [-0.2, -0.15) is 0 Å². The van der Waals surface area contributed by atoms with Crippen LogP contribution in [0.2, 0.25) is 0 Å². The highest BCUT2D eigenvalue weighted by molar-refractivity contribution is 5.98. The van der Waals surface area contributed by atoms with Gasteiger partial charge in [0.15, 0.2) is 0 Å². The summed E-state index contributed by atoms with van der Waals surface area (Å²) in [6.45, 7) is 7.30. The van der Waals surface area contributed by atoms with Gasteiger partial charge in [-0.3, -0.25) is 4.79 Å². The second-order valence-corrected chi connectivity index (χ2v) is 3.95. The first-order chi connectivity index (χ1) is 8.11. The summed E-state index contributed by atoms with van der Waals surface area (Å²) in [6.07, 6.45) is 3.44. The molecule has 0 saturated carbocycles. The van der Waals surface area contributed by atoms with E-state index in [9.17, 15) is 9.59 Å². The van der Waals surface area contributed by atoms with E-state index < -0.39 is 5.63 Å². The average molecular weight is 231 g/mol. The van der Waals surface area contributed by atoms with Gasteiger partial charge in [0.2, 0.25) is 0 Å². The highest BCUT2D eigenvalue weighted by atomic mass is 16.4. The summed E-state index contributed by atoms with van der Waals surface area (Å²) in [4.78, 5) is 23.2. The summed E-state index contributed by atoms with van der Waals surface area (Å²) in [6, 6.07) is 1.37. The predicted octanol–water partition coefficient (Wildman–Crippen LogP) is 1.56. The first-order valence-electron chi connectivity index (χ1n) is 5.37. The molecule has 0 aliphatic carbocycles. The average Bonchev–Trinajstić information content (AvgIpc) is 2.24. The number of carbonyl (C=O) groups is 1. The van der Waals surface area contributed by atoms with Crippen molar-refractivity contribution in [2.45, 2.75) is 19.3 Å². The van der Waals surface area contributed by atoms with E-state index in [1.807, 2.05) is 0 Å².